The predicted octanol–water partition coefficient (Wildman–Crippen LogP) is 5.23. The lowest BCUT2D eigenvalue weighted by Gasteiger charge is -2.47. The maximum atomic E-state index is 13.4. The summed E-state index contributed by atoms with van der Waals surface area (Å²) >= 11 is 0. The first-order chi connectivity index (χ1) is 19.3. The summed E-state index contributed by atoms with van der Waals surface area (Å²) in [4.78, 5) is 52.0. The van der Waals surface area contributed by atoms with Crippen LogP contribution in [0.4, 0.5) is 5.69 Å². The second-order valence-electron chi connectivity index (χ2n) is 11.8. The Morgan fingerprint density at radius 3 is 1.59 bits per heavy atom. The average molecular weight is 567 g/mol. The minimum absolute atomic E-state index is 0.0779. The fourth-order valence-electron chi connectivity index (χ4n) is 4.91. The van der Waals surface area contributed by atoms with Crippen LogP contribution in [-0.4, -0.2) is 43.5 Å². The van der Waals surface area contributed by atoms with Gasteiger partial charge in [0.1, 0.15) is 11.5 Å². The zero-order valence-electron chi connectivity index (χ0n) is 25.2. The number of rotatable bonds is 11. The quantitative estimate of drug-likeness (QED) is 0.357. The van der Waals surface area contributed by atoms with E-state index in [0.29, 0.717) is 23.6 Å². The highest BCUT2D eigenvalue weighted by atomic mass is 16.5. The predicted molar refractivity (Wildman–Crippen MR) is 155 cm³/mol. The summed E-state index contributed by atoms with van der Waals surface area (Å²) in [6.45, 7) is 12.1. The zero-order chi connectivity index (χ0) is 30.5. The summed E-state index contributed by atoms with van der Waals surface area (Å²) in [6.07, 6.45) is 1.65. The Hall–Kier alpha value is -3.88. The van der Waals surface area contributed by atoms with Crippen LogP contribution >= 0.6 is 0 Å². The number of amides is 2. The largest absolute Gasteiger partial charge is 0.469 e. The van der Waals surface area contributed by atoms with Crippen molar-refractivity contribution < 1.29 is 33.4 Å². The highest BCUT2D eigenvalue weighted by molar-refractivity contribution is 6.04. The van der Waals surface area contributed by atoms with Gasteiger partial charge in [-0.25, -0.2) is 0 Å². The first-order valence-corrected chi connectivity index (χ1v) is 14.0. The van der Waals surface area contributed by atoms with Crippen molar-refractivity contribution >= 4 is 29.4 Å². The summed E-state index contributed by atoms with van der Waals surface area (Å²) in [5.41, 5.74) is 1.18. The summed E-state index contributed by atoms with van der Waals surface area (Å²) in [5.74, 6) is -5.82. The first-order valence-electron chi connectivity index (χ1n) is 14.0. The molecule has 1 aliphatic rings. The molecule has 2 N–H and O–H groups in total. The number of carbonyl (C=O) groups excluding carboxylic acids is 4. The second kappa shape index (κ2) is 12.7. The Kier molecular flexibility index (Phi) is 9.84. The molecule has 2 atom stereocenters. The zero-order valence-corrected chi connectivity index (χ0v) is 25.2. The summed E-state index contributed by atoms with van der Waals surface area (Å²) in [7, 11) is 2.37. The minimum atomic E-state index is -1.14. The van der Waals surface area contributed by atoms with Gasteiger partial charge in [-0.2, -0.15) is 0 Å². The average Bonchev–Trinajstić information content (AvgIpc) is 2.93. The van der Waals surface area contributed by atoms with Crippen LogP contribution in [0.3, 0.4) is 0 Å². The molecule has 1 aliphatic carbocycles. The fraction of sp³-hybridized carbons (Fsp3) is 0.500. The van der Waals surface area contributed by atoms with E-state index in [0.717, 1.165) is 6.42 Å². The Bertz CT molecular complexity index is 1230. The SMILES string of the molecule is CCC(C)(C)NC(=O)C1C(C(=O)OC)C(C(=O)Nc2ccc(Oc3ccc(C(C)(C)CC)cc3)cc2)C1C(=O)OC. The number of hydrogen-bond acceptors (Lipinski definition) is 7. The number of anilines is 1. The van der Waals surface area contributed by atoms with Crippen molar-refractivity contribution in [3.63, 3.8) is 0 Å². The summed E-state index contributed by atoms with van der Waals surface area (Å²) in [5, 5.41) is 5.63. The van der Waals surface area contributed by atoms with E-state index >= 15 is 0 Å². The van der Waals surface area contributed by atoms with Gasteiger partial charge in [0.25, 0.3) is 0 Å². The highest BCUT2D eigenvalue weighted by Crippen LogP contribution is 2.48. The van der Waals surface area contributed by atoms with Gasteiger partial charge in [0.2, 0.25) is 11.8 Å². The van der Waals surface area contributed by atoms with Crippen molar-refractivity contribution in [3.05, 3.63) is 54.1 Å². The van der Waals surface area contributed by atoms with E-state index in [1.54, 1.807) is 24.3 Å². The van der Waals surface area contributed by atoms with E-state index in [2.05, 4.69) is 43.5 Å². The van der Waals surface area contributed by atoms with Crippen molar-refractivity contribution in [2.24, 2.45) is 23.7 Å². The van der Waals surface area contributed by atoms with Crippen LogP contribution in [0.15, 0.2) is 48.5 Å². The van der Waals surface area contributed by atoms with Gasteiger partial charge in [0, 0.05) is 11.2 Å². The molecule has 0 heterocycles. The molecule has 1 saturated carbocycles. The maximum absolute atomic E-state index is 13.4. The van der Waals surface area contributed by atoms with Crippen LogP contribution in [0.1, 0.15) is 59.9 Å². The van der Waals surface area contributed by atoms with Gasteiger partial charge < -0.3 is 24.8 Å². The van der Waals surface area contributed by atoms with Crippen molar-refractivity contribution in [3.8, 4) is 11.5 Å². The van der Waals surface area contributed by atoms with Gasteiger partial charge in [-0.3, -0.25) is 19.2 Å². The van der Waals surface area contributed by atoms with Crippen molar-refractivity contribution in [1.82, 2.24) is 5.32 Å². The molecule has 0 saturated heterocycles. The Morgan fingerprint density at radius 1 is 0.683 bits per heavy atom. The number of methoxy groups -OCH3 is 2. The molecule has 2 amide bonds. The van der Waals surface area contributed by atoms with Gasteiger partial charge in [-0.15, -0.1) is 0 Å². The minimum Gasteiger partial charge on any atom is -0.469 e. The van der Waals surface area contributed by atoms with E-state index < -0.39 is 53.0 Å². The number of benzene rings is 2. The lowest BCUT2D eigenvalue weighted by atomic mass is 9.55. The number of ether oxygens (including phenoxy) is 3. The Balaban J connectivity index is 1.75. The topological polar surface area (TPSA) is 120 Å². The van der Waals surface area contributed by atoms with Crippen molar-refractivity contribution in [2.75, 3.05) is 19.5 Å². The van der Waals surface area contributed by atoms with E-state index in [1.165, 1.54) is 19.8 Å². The monoisotopic (exact) mass is 566 g/mol. The van der Waals surface area contributed by atoms with Gasteiger partial charge in [-0.1, -0.05) is 39.8 Å². The molecule has 9 heteroatoms. The van der Waals surface area contributed by atoms with Crippen LogP contribution in [0.25, 0.3) is 0 Å². The lowest BCUT2D eigenvalue weighted by molar-refractivity contribution is -0.183. The number of carbonyl (C=O) groups is 4. The number of hydrogen-bond donors (Lipinski definition) is 2. The van der Waals surface area contributed by atoms with E-state index in [4.69, 9.17) is 14.2 Å². The maximum Gasteiger partial charge on any atom is 0.310 e. The van der Waals surface area contributed by atoms with Crippen LogP contribution in [0, 0.1) is 23.7 Å². The lowest BCUT2D eigenvalue weighted by Crippen LogP contribution is -2.64. The molecule has 41 heavy (non-hydrogen) atoms. The molecule has 2 aromatic rings. The molecule has 1 fully saturated rings. The molecule has 3 rings (SSSR count). The fourth-order valence-corrected chi connectivity index (χ4v) is 4.91. The highest BCUT2D eigenvalue weighted by Gasteiger charge is 2.64. The number of esters is 2. The molecule has 0 radical (unpaired) electrons. The standard InChI is InChI=1S/C32H42N2O7/c1-9-31(3,4)19-11-15-21(16-12-19)41-22-17-13-20(14-18-22)33-27(35)23-25(29(37)39-7)24(26(23)30(38)40-8)28(36)34-32(5,6)10-2/h11-18,23-26H,9-10H2,1-8H3,(H,33,35)(H,34,36). The smallest absolute Gasteiger partial charge is 0.310 e. The molecule has 0 bridgehead atoms. The summed E-state index contributed by atoms with van der Waals surface area (Å²) in [6, 6.07) is 14.7. The van der Waals surface area contributed by atoms with Gasteiger partial charge in [0.15, 0.2) is 0 Å². The van der Waals surface area contributed by atoms with E-state index in [1.807, 2.05) is 32.9 Å². The number of nitrogens with one attached hydrogen (secondary N) is 2. The Labute approximate surface area is 242 Å². The van der Waals surface area contributed by atoms with Crippen LogP contribution in [0.5, 0.6) is 11.5 Å². The van der Waals surface area contributed by atoms with Crippen LogP contribution in [0.2, 0.25) is 0 Å². The molecular formula is C32H42N2O7. The Morgan fingerprint density at radius 2 is 1.15 bits per heavy atom. The molecule has 0 spiro atoms. The molecule has 9 nitrogen and oxygen atoms in total. The normalized spacial score (nSPS) is 20.3. The van der Waals surface area contributed by atoms with Crippen LogP contribution in [-0.2, 0) is 34.1 Å². The third-order valence-electron chi connectivity index (χ3n) is 8.32. The van der Waals surface area contributed by atoms with E-state index in [-0.39, 0.29) is 5.41 Å². The molecule has 0 aromatic heterocycles. The molecule has 2 unspecified atom stereocenters. The van der Waals surface area contributed by atoms with Gasteiger partial charge in [-0.05, 0) is 74.1 Å². The molecule has 2 aromatic carbocycles. The third kappa shape index (κ3) is 7.07. The van der Waals surface area contributed by atoms with Crippen molar-refractivity contribution in [1.29, 1.82) is 0 Å². The molecule has 222 valence electrons. The second-order valence-corrected chi connectivity index (χ2v) is 11.8. The van der Waals surface area contributed by atoms with Crippen molar-refractivity contribution in [2.45, 2.75) is 65.3 Å². The molecule has 0 aliphatic heterocycles. The third-order valence-corrected chi connectivity index (χ3v) is 8.32. The van der Waals surface area contributed by atoms with Crippen LogP contribution < -0.4 is 15.4 Å². The van der Waals surface area contributed by atoms with E-state index in [9.17, 15) is 19.2 Å². The van der Waals surface area contributed by atoms with Gasteiger partial charge >= 0.3 is 11.9 Å². The van der Waals surface area contributed by atoms with Gasteiger partial charge in [0.05, 0.1) is 37.9 Å². The first kappa shape index (κ1) is 31.6. The molecular weight excluding hydrogens is 524 g/mol. The summed E-state index contributed by atoms with van der Waals surface area (Å²) < 4.78 is 15.8.